The van der Waals surface area contributed by atoms with Crippen LogP contribution in [0.4, 0.5) is 4.39 Å². The van der Waals surface area contributed by atoms with Gasteiger partial charge in [-0.1, -0.05) is 12.1 Å². The van der Waals surface area contributed by atoms with Crippen LogP contribution in [-0.4, -0.2) is 17.1 Å². The number of hydrogen-bond acceptors (Lipinski definition) is 4. The average Bonchev–Trinajstić information content (AvgIpc) is 2.61. The van der Waals surface area contributed by atoms with Crippen molar-refractivity contribution in [3.63, 3.8) is 0 Å². The summed E-state index contributed by atoms with van der Waals surface area (Å²) in [6, 6.07) is 10.7. The summed E-state index contributed by atoms with van der Waals surface area (Å²) in [5.74, 6) is 0.346. The Kier molecular flexibility index (Phi) is 4.48. The number of ether oxygens (including phenoxy) is 1. The number of nitrogens with zero attached hydrogens (tertiary/aromatic N) is 2. The van der Waals surface area contributed by atoms with Crippen LogP contribution in [0.2, 0.25) is 0 Å². The van der Waals surface area contributed by atoms with Crippen molar-refractivity contribution >= 4 is 10.9 Å². The first-order valence-corrected chi connectivity index (χ1v) is 7.44. The summed E-state index contributed by atoms with van der Waals surface area (Å²) in [5, 5.41) is 3.97. The molecule has 118 valence electrons. The average molecular weight is 311 g/mol. The summed E-state index contributed by atoms with van der Waals surface area (Å²) in [6.07, 6.45) is 3.47. The molecule has 23 heavy (non-hydrogen) atoms. The molecule has 0 bridgehead atoms. The summed E-state index contributed by atoms with van der Waals surface area (Å²) in [4.78, 5) is 8.52. The molecule has 0 aliphatic rings. The second kappa shape index (κ2) is 6.71. The van der Waals surface area contributed by atoms with E-state index in [1.54, 1.807) is 37.7 Å². The fraction of sp³-hybridized carbons (Fsp3) is 0.222. The highest BCUT2D eigenvalue weighted by Gasteiger charge is 2.10. The van der Waals surface area contributed by atoms with Crippen LogP contribution in [0.15, 0.2) is 48.8 Å². The van der Waals surface area contributed by atoms with Crippen LogP contribution in [0.25, 0.3) is 10.9 Å². The number of fused-ring (bicyclic) bond motifs is 1. The molecule has 0 spiro atoms. The van der Waals surface area contributed by atoms with E-state index in [1.165, 1.54) is 6.07 Å². The van der Waals surface area contributed by atoms with E-state index in [-0.39, 0.29) is 11.9 Å². The molecule has 3 aromatic rings. The molecule has 0 fully saturated rings. The van der Waals surface area contributed by atoms with Gasteiger partial charge < -0.3 is 10.1 Å². The molecular formula is C18H18FN3O. The molecule has 4 nitrogen and oxygen atoms in total. The zero-order valence-corrected chi connectivity index (χ0v) is 13.1. The van der Waals surface area contributed by atoms with Gasteiger partial charge in [-0.05, 0) is 36.2 Å². The Morgan fingerprint density at radius 2 is 2.04 bits per heavy atom. The Balaban J connectivity index is 1.76. The normalized spacial score (nSPS) is 12.3. The van der Waals surface area contributed by atoms with Gasteiger partial charge in [0.05, 0.1) is 12.6 Å². The van der Waals surface area contributed by atoms with Crippen molar-refractivity contribution in [2.45, 2.75) is 19.5 Å². The molecule has 0 amide bonds. The maximum absolute atomic E-state index is 13.8. The summed E-state index contributed by atoms with van der Waals surface area (Å²) in [6.45, 7) is 2.66. The molecule has 0 aliphatic carbocycles. The first kappa shape index (κ1) is 15.4. The molecule has 0 saturated carbocycles. The molecule has 5 heteroatoms. The Morgan fingerprint density at radius 1 is 1.17 bits per heavy atom. The van der Waals surface area contributed by atoms with Gasteiger partial charge in [-0.15, -0.1) is 0 Å². The minimum Gasteiger partial charge on any atom is -0.481 e. The molecule has 2 aromatic heterocycles. The van der Waals surface area contributed by atoms with Gasteiger partial charge in [0.15, 0.2) is 0 Å². The first-order valence-electron chi connectivity index (χ1n) is 7.44. The van der Waals surface area contributed by atoms with Crippen LogP contribution < -0.4 is 10.1 Å². The minimum absolute atomic E-state index is 0.109. The summed E-state index contributed by atoms with van der Waals surface area (Å²) >= 11 is 0. The number of hydrogen-bond donors (Lipinski definition) is 1. The van der Waals surface area contributed by atoms with Crippen LogP contribution >= 0.6 is 0 Å². The summed E-state index contributed by atoms with van der Waals surface area (Å²) in [7, 11) is 1.59. The maximum atomic E-state index is 13.8. The number of halogens is 1. The predicted octanol–water partition coefficient (Wildman–Crippen LogP) is 3.63. The van der Waals surface area contributed by atoms with Crippen LogP contribution in [0, 0.1) is 5.82 Å². The quantitative estimate of drug-likeness (QED) is 0.781. The van der Waals surface area contributed by atoms with E-state index in [9.17, 15) is 4.39 Å². The van der Waals surface area contributed by atoms with Crippen LogP contribution in [0.5, 0.6) is 5.88 Å². The third-order valence-corrected chi connectivity index (χ3v) is 3.87. The van der Waals surface area contributed by atoms with Gasteiger partial charge in [-0.25, -0.2) is 9.37 Å². The SMILES string of the molecule is COc1ccc(C(C)NCc2ccc(F)c3cccnc23)cn1. The van der Waals surface area contributed by atoms with Crippen LogP contribution in [0.3, 0.4) is 0 Å². The lowest BCUT2D eigenvalue weighted by Crippen LogP contribution is -2.18. The standard InChI is InChI=1S/C18H18FN3O/c1-12(13-6-8-17(23-2)22-10-13)21-11-14-5-7-16(19)15-4-3-9-20-18(14)15/h3-10,12,21H,11H2,1-2H3. The van der Waals surface area contributed by atoms with Crippen LogP contribution in [-0.2, 0) is 6.54 Å². The fourth-order valence-electron chi connectivity index (χ4n) is 2.49. The molecular weight excluding hydrogens is 293 g/mol. The van der Waals surface area contributed by atoms with E-state index in [0.717, 1.165) is 11.1 Å². The van der Waals surface area contributed by atoms with E-state index in [1.807, 2.05) is 12.1 Å². The molecule has 0 radical (unpaired) electrons. The lowest BCUT2D eigenvalue weighted by Gasteiger charge is -2.15. The Bertz CT molecular complexity index is 805. The van der Waals surface area contributed by atoms with Crippen molar-refractivity contribution in [2.24, 2.45) is 0 Å². The number of benzene rings is 1. The van der Waals surface area contributed by atoms with Gasteiger partial charge in [-0.3, -0.25) is 4.98 Å². The molecule has 1 aromatic carbocycles. The molecule has 2 heterocycles. The van der Waals surface area contributed by atoms with Crippen molar-refractivity contribution < 1.29 is 9.13 Å². The Labute approximate surface area is 134 Å². The highest BCUT2D eigenvalue weighted by Crippen LogP contribution is 2.21. The van der Waals surface area contributed by atoms with Crippen molar-refractivity contribution in [2.75, 3.05) is 7.11 Å². The summed E-state index contributed by atoms with van der Waals surface area (Å²) in [5.41, 5.74) is 2.72. The first-order chi connectivity index (χ1) is 11.2. The molecule has 1 N–H and O–H groups in total. The zero-order valence-electron chi connectivity index (χ0n) is 13.1. The third-order valence-electron chi connectivity index (χ3n) is 3.87. The number of nitrogens with one attached hydrogen (secondary N) is 1. The second-order valence-corrected chi connectivity index (χ2v) is 5.34. The van der Waals surface area contributed by atoms with Crippen molar-refractivity contribution in [3.8, 4) is 5.88 Å². The van der Waals surface area contributed by atoms with E-state index in [0.29, 0.717) is 23.3 Å². The second-order valence-electron chi connectivity index (χ2n) is 5.34. The fourth-order valence-corrected chi connectivity index (χ4v) is 2.49. The number of pyridine rings is 2. The van der Waals surface area contributed by atoms with E-state index >= 15 is 0 Å². The van der Waals surface area contributed by atoms with E-state index < -0.39 is 0 Å². The highest BCUT2D eigenvalue weighted by molar-refractivity contribution is 5.82. The third kappa shape index (κ3) is 3.29. The van der Waals surface area contributed by atoms with E-state index in [2.05, 4.69) is 22.2 Å². The Morgan fingerprint density at radius 3 is 2.78 bits per heavy atom. The lowest BCUT2D eigenvalue weighted by molar-refractivity contribution is 0.397. The summed E-state index contributed by atoms with van der Waals surface area (Å²) < 4.78 is 18.9. The monoisotopic (exact) mass is 311 g/mol. The van der Waals surface area contributed by atoms with Gasteiger partial charge in [0.1, 0.15) is 5.82 Å². The van der Waals surface area contributed by atoms with Gasteiger partial charge in [-0.2, -0.15) is 0 Å². The van der Waals surface area contributed by atoms with Gasteiger partial charge in [0.25, 0.3) is 0 Å². The van der Waals surface area contributed by atoms with E-state index in [4.69, 9.17) is 4.74 Å². The number of rotatable bonds is 5. The smallest absolute Gasteiger partial charge is 0.212 e. The molecule has 1 atom stereocenters. The molecule has 3 rings (SSSR count). The molecule has 0 saturated heterocycles. The Hall–Kier alpha value is -2.53. The molecule has 0 aliphatic heterocycles. The predicted molar refractivity (Wildman–Crippen MR) is 87.7 cm³/mol. The van der Waals surface area contributed by atoms with Crippen molar-refractivity contribution in [1.82, 2.24) is 15.3 Å². The largest absolute Gasteiger partial charge is 0.481 e. The van der Waals surface area contributed by atoms with Crippen molar-refractivity contribution in [3.05, 3.63) is 65.7 Å². The number of aromatic nitrogens is 2. The molecule has 1 unspecified atom stereocenters. The van der Waals surface area contributed by atoms with Crippen molar-refractivity contribution in [1.29, 1.82) is 0 Å². The zero-order chi connectivity index (χ0) is 16.2. The number of methoxy groups -OCH3 is 1. The van der Waals surface area contributed by atoms with Crippen LogP contribution in [0.1, 0.15) is 24.1 Å². The maximum Gasteiger partial charge on any atom is 0.212 e. The van der Waals surface area contributed by atoms with Gasteiger partial charge in [0.2, 0.25) is 5.88 Å². The van der Waals surface area contributed by atoms with Gasteiger partial charge in [0, 0.05) is 36.4 Å². The van der Waals surface area contributed by atoms with Gasteiger partial charge >= 0.3 is 0 Å². The minimum atomic E-state index is -0.246. The highest BCUT2D eigenvalue weighted by atomic mass is 19.1. The lowest BCUT2D eigenvalue weighted by atomic mass is 10.1. The topological polar surface area (TPSA) is 47.0 Å².